The number of hydrogen-bond donors (Lipinski definition) is 0. The van der Waals surface area contributed by atoms with E-state index in [2.05, 4.69) is 0 Å². The van der Waals surface area contributed by atoms with Gasteiger partial charge in [0.15, 0.2) is 0 Å². The number of likely N-dealkylation sites (tertiary alicyclic amines) is 1. The van der Waals surface area contributed by atoms with Crippen molar-refractivity contribution in [3.8, 4) is 0 Å². The summed E-state index contributed by atoms with van der Waals surface area (Å²) in [6, 6.07) is -0.343. The lowest BCUT2D eigenvalue weighted by atomic mass is 10.1. The molecule has 0 aromatic rings. The van der Waals surface area contributed by atoms with E-state index in [0.29, 0.717) is 0 Å². The fraction of sp³-hybridized carbons (Fsp3) is 1.00. The number of methoxy groups -OCH3 is 2. The van der Waals surface area contributed by atoms with Crippen molar-refractivity contribution in [2.45, 2.75) is 31.1 Å². The molecular weight excluding hydrogens is 192 g/mol. The molecule has 84 valence electrons. The minimum atomic E-state index is -2.47. The minimum absolute atomic E-state index is 0.154. The molecule has 0 aliphatic carbocycles. The van der Waals surface area contributed by atoms with Gasteiger partial charge in [0, 0.05) is 20.8 Å². The number of nitrogens with zero attached hydrogens (tertiary/aromatic N) is 1. The Morgan fingerprint density at radius 1 is 1.36 bits per heavy atom. The monoisotopic (exact) mass is 209 g/mol. The van der Waals surface area contributed by atoms with Crippen LogP contribution in [0.3, 0.4) is 0 Å². The Morgan fingerprint density at radius 2 is 2.00 bits per heavy atom. The smallest absolute Gasteiger partial charge is 0.265 e. The summed E-state index contributed by atoms with van der Waals surface area (Å²) in [6.45, 7) is 0.774. The van der Waals surface area contributed by atoms with Crippen LogP contribution in [0.1, 0.15) is 6.42 Å². The molecule has 0 spiro atoms. The Bertz CT molecular complexity index is 180. The van der Waals surface area contributed by atoms with Crippen LogP contribution < -0.4 is 0 Å². The number of hydrogen-bond acceptors (Lipinski definition) is 3. The molecule has 1 aliphatic rings. The highest BCUT2D eigenvalue weighted by molar-refractivity contribution is 4.92. The van der Waals surface area contributed by atoms with Crippen LogP contribution in [0.4, 0.5) is 8.78 Å². The molecule has 0 N–H and O–H groups in total. The van der Waals surface area contributed by atoms with Crippen LogP contribution in [-0.2, 0) is 9.47 Å². The highest BCUT2D eigenvalue weighted by Crippen LogP contribution is 2.26. The van der Waals surface area contributed by atoms with Crippen molar-refractivity contribution in [1.29, 1.82) is 0 Å². The standard InChI is InChI=1S/C9H17F2NO2/c1-12-5-4-6(13-2)7(12)8(14-3)9(10)11/h6-9H,4-5H2,1-3H3/t6-,7-,8+/m0/s1. The zero-order valence-electron chi connectivity index (χ0n) is 8.74. The minimum Gasteiger partial charge on any atom is -0.380 e. The van der Waals surface area contributed by atoms with E-state index in [9.17, 15) is 8.78 Å². The van der Waals surface area contributed by atoms with E-state index in [1.807, 2.05) is 11.9 Å². The van der Waals surface area contributed by atoms with Crippen LogP contribution in [-0.4, -0.2) is 57.4 Å². The van der Waals surface area contributed by atoms with Crippen LogP contribution in [0.5, 0.6) is 0 Å². The maximum atomic E-state index is 12.6. The number of likely N-dealkylation sites (N-methyl/N-ethyl adjacent to an activating group) is 1. The lowest BCUT2D eigenvalue weighted by Gasteiger charge is -2.30. The zero-order valence-corrected chi connectivity index (χ0v) is 8.74. The van der Waals surface area contributed by atoms with E-state index in [0.717, 1.165) is 13.0 Å². The molecular formula is C9H17F2NO2. The zero-order chi connectivity index (χ0) is 10.7. The maximum absolute atomic E-state index is 12.6. The van der Waals surface area contributed by atoms with Gasteiger partial charge in [-0.15, -0.1) is 0 Å². The van der Waals surface area contributed by atoms with Crippen molar-refractivity contribution in [3.63, 3.8) is 0 Å². The molecule has 1 heterocycles. The molecule has 1 aliphatic heterocycles. The Hall–Kier alpha value is -0.260. The largest absolute Gasteiger partial charge is 0.380 e. The lowest BCUT2D eigenvalue weighted by Crippen LogP contribution is -2.47. The first-order valence-electron chi connectivity index (χ1n) is 4.65. The van der Waals surface area contributed by atoms with Gasteiger partial charge in [0.05, 0.1) is 12.1 Å². The molecule has 1 saturated heterocycles. The van der Waals surface area contributed by atoms with Crippen LogP contribution in [0.15, 0.2) is 0 Å². The van der Waals surface area contributed by atoms with Crippen LogP contribution in [0.2, 0.25) is 0 Å². The predicted molar refractivity (Wildman–Crippen MR) is 48.6 cm³/mol. The highest BCUT2D eigenvalue weighted by atomic mass is 19.3. The topological polar surface area (TPSA) is 21.7 Å². The van der Waals surface area contributed by atoms with Crippen molar-refractivity contribution in [2.75, 3.05) is 27.8 Å². The molecule has 3 atom stereocenters. The van der Waals surface area contributed by atoms with Gasteiger partial charge in [-0.3, -0.25) is 4.90 Å². The predicted octanol–water partition coefficient (Wildman–Crippen LogP) is 0.986. The molecule has 0 radical (unpaired) electrons. The van der Waals surface area contributed by atoms with Gasteiger partial charge in [-0.25, -0.2) is 8.78 Å². The molecule has 5 heteroatoms. The second kappa shape index (κ2) is 5.00. The number of rotatable bonds is 4. The lowest BCUT2D eigenvalue weighted by molar-refractivity contribution is -0.0932. The van der Waals surface area contributed by atoms with Crippen LogP contribution >= 0.6 is 0 Å². The molecule has 0 bridgehead atoms. The summed E-state index contributed by atoms with van der Waals surface area (Å²) in [5.41, 5.74) is 0. The molecule has 0 aromatic carbocycles. The molecule has 1 fully saturated rings. The summed E-state index contributed by atoms with van der Waals surface area (Å²) in [5, 5.41) is 0. The second-order valence-corrected chi connectivity index (χ2v) is 3.57. The van der Waals surface area contributed by atoms with Crippen molar-refractivity contribution in [2.24, 2.45) is 0 Å². The van der Waals surface area contributed by atoms with E-state index in [1.165, 1.54) is 7.11 Å². The third-order valence-corrected chi connectivity index (χ3v) is 2.82. The summed E-state index contributed by atoms with van der Waals surface area (Å²) in [7, 11) is 4.68. The van der Waals surface area contributed by atoms with E-state index in [4.69, 9.17) is 9.47 Å². The van der Waals surface area contributed by atoms with E-state index in [1.54, 1.807) is 7.11 Å². The fourth-order valence-electron chi connectivity index (χ4n) is 2.05. The van der Waals surface area contributed by atoms with Gasteiger partial charge >= 0.3 is 0 Å². The van der Waals surface area contributed by atoms with Gasteiger partial charge in [-0.05, 0) is 13.5 Å². The first-order valence-corrected chi connectivity index (χ1v) is 4.65. The van der Waals surface area contributed by atoms with Gasteiger partial charge in [-0.2, -0.15) is 0 Å². The SMILES string of the molecule is CO[C@H]1CCN(C)[C@@H]1[C@@H](OC)C(F)F. The van der Waals surface area contributed by atoms with Gasteiger partial charge in [0.25, 0.3) is 6.43 Å². The van der Waals surface area contributed by atoms with Crippen molar-refractivity contribution in [1.82, 2.24) is 4.90 Å². The molecule has 3 nitrogen and oxygen atoms in total. The Balaban J connectivity index is 2.70. The maximum Gasteiger partial charge on any atom is 0.265 e. The van der Waals surface area contributed by atoms with Gasteiger partial charge in [0.1, 0.15) is 6.10 Å². The average molecular weight is 209 g/mol. The Morgan fingerprint density at radius 3 is 2.43 bits per heavy atom. The van der Waals surface area contributed by atoms with E-state index >= 15 is 0 Å². The van der Waals surface area contributed by atoms with Gasteiger partial charge in [-0.1, -0.05) is 0 Å². The average Bonchev–Trinajstić information content (AvgIpc) is 2.49. The summed E-state index contributed by atoms with van der Waals surface area (Å²) in [5.74, 6) is 0. The molecule has 0 unspecified atom stereocenters. The van der Waals surface area contributed by atoms with Crippen LogP contribution in [0, 0.1) is 0 Å². The van der Waals surface area contributed by atoms with E-state index < -0.39 is 12.5 Å². The first-order chi connectivity index (χ1) is 6.61. The summed E-state index contributed by atoms with van der Waals surface area (Å²) < 4.78 is 35.3. The molecule has 0 aromatic heterocycles. The van der Waals surface area contributed by atoms with E-state index in [-0.39, 0.29) is 12.1 Å². The van der Waals surface area contributed by atoms with Crippen molar-refractivity contribution in [3.05, 3.63) is 0 Å². The first kappa shape index (κ1) is 11.8. The Labute approximate surface area is 83.0 Å². The van der Waals surface area contributed by atoms with Crippen LogP contribution in [0.25, 0.3) is 0 Å². The summed E-state index contributed by atoms with van der Waals surface area (Å²) >= 11 is 0. The molecule has 0 amide bonds. The van der Waals surface area contributed by atoms with Crippen molar-refractivity contribution < 1.29 is 18.3 Å². The second-order valence-electron chi connectivity index (χ2n) is 3.57. The fourth-order valence-corrected chi connectivity index (χ4v) is 2.05. The number of halogens is 2. The van der Waals surface area contributed by atoms with Crippen molar-refractivity contribution >= 4 is 0 Å². The van der Waals surface area contributed by atoms with Gasteiger partial charge < -0.3 is 9.47 Å². The number of ether oxygens (including phenoxy) is 2. The summed E-state index contributed by atoms with van der Waals surface area (Å²) in [6.07, 6.45) is -2.90. The quantitative estimate of drug-likeness (QED) is 0.689. The summed E-state index contributed by atoms with van der Waals surface area (Å²) in [4.78, 5) is 1.87. The highest BCUT2D eigenvalue weighted by Gasteiger charge is 2.42. The molecule has 0 saturated carbocycles. The third-order valence-electron chi connectivity index (χ3n) is 2.82. The Kier molecular flexibility index (Phi) is 4.22. The normalized spacial score (nSPS) is 31.3. The number of alkyl halides is 2. The third kappa shape index (κ3) is 2.21. The van der Waals surface area contributed by atoms with Gasteiger partial charge in [0.2, 0.25) is 0 Å². The molecule has 1 rings (SSSR count). The molecule has 14 heavy (non-hydrogen) atoms.